The number of nitriles is 1. The van der Waals surface area contributed by atoms with Crippen LogP contribution in [0.5, 0.6) is 0 Å². The number of rotatable bonds is 4. The maximum absolute atomic E-state index is 13.8. The van der Waals surface area contributed by atoms with Gasteiger partial charge in [0.25, 0.3) is 0 Å². The normalized spacial score (nSPS) is 18.7. The molecule has 1 unspecified atom stereocenters. The smallest absolute Gasteiger partial charge is 0.131 e. The highest BCUT2D eigenvalue weighted by Gasteiger charge is 2.26. The molecule has 1 N–H and O–H groups in total. The fourth-order valence-corrected chi connectivity index (χ4v) is 2.46. The molecule has 1 aliphatic heterocycles. The van der Waals surface area contributed by atoms with Crippen molar-refractivity contribution in [3.8, 4) is 6.07 Å². The molecule has 1 aliphatic rings. The summed E-state index contributed by atoms with van der Waals surface area (Å²) in [6.45, 7) is 3.40. The average Bonchev–Trinajstić information content (AvgIpc) is 2.44. The first-order valence-electron chi connectivity index (χ1n) is 6.57. The molecule has 1 aromatic rings. The Kier molecular flexibility index (Phi) is 5.01. The van der Waals surface area contributed by atoms with Crippen LogP contribution < -0.4 is 0 Å². The third-order valence-corrected chi connectivity index (χ3v) is 3.57. The zero-order chi connectivity index (χ0) is 14.5. The molecule has 0 aliphatic carbocycles. The van der Waals surface area contributed by atoms with Crippen molar-refractivity contribution < 1.29 is 13.9 Å². The summed E-state index contributed by atoms with van der Waals surface area (Å²) < 4.78 is 26.7. The second-order valence-corrected chi connectivity index (χ2v) is 4.80. The Hall–Kier alpha value is -1.55. The number of hydrogen-bond donors (Lipinski definition) is 1. The van der Waals surface area contributed by atoms with Gasteiger partial charge in [-0.2, -0.15) is 5.26 Å². The minimum atomic E-state index is -0.702. The molecule has 0 saturated carbocycles. The van der Waals surface area contributed by atoms with Crippen LogP contribution in [-0.2, 0) is 0 Å². The second kappa shape index (κ2) is 6.75. The minimum absolute atomic E-state index is 0.105. The predicted molar refractivity (Wildman–Crippen MR) is 69.8 cm³/mol. The number of hydrogen-bond acceptors (Lipinski definition) is 4. The average molecular weight is 281 g/mol. The molecule has 0 radical (unpaired) electrons. The first kappa shape index (κ1) is 14.9. The largest absolute Gasteiger partial charge is 0.395 e. The monoisotopic (exact) mass is 281 g/mol. The molecule has 4 nitrogen and oxygen atoms in total. The lowest BCUT2D eigenvalue weighted by atomic mass is 10.0. The van der Waals surface area contributed by atoms with E-state index in [-0.39, 0.29) is 12.2 Å². The van der Waals surface area contributed by atoms with E-state index in [2.05, 4.69) is 11.0 Å². The number of aliphatic hydroxyl groups excluding tert-OH is 1. The number of aliphatic hydroxyl groups is 1. The summed E-state index contributed by atoms with van der Waals surface area (Å²) >= 11 is 0. The predicted octanol–water partition coefficient (Wildman–Crippen LogP) is 1.14. The fraction of sp³-hybridized carbons (Fsp3) is 0.500. The maximum Gasteiger partial charge on any atom is 0.131 e. The van der Waals surface area contributed by atoms with Gasteiger partial charge in [-0.25, -0.2) is 8.78 Å². The lowest BCUT2D eigenvalue weighted by molar-refractivity contribution is 0.0973. The highest BCUT2D eigenvalue weighted by Crippen LogP contribution is 2.24. The third kappa shape index (κ3) is 3.31. The van der Waals surface area contributed by atoms with Crippen LogP contribution in [0.4, 0.5) is 8.78 Å². The van der Waals surface area contributed by atoms with E-state index in [1.807, 2.05) is 4.90 Å². The Labute approximate surface area is 116 Å². The van der Waals surface area contributed by atoms with Gasteiger partial charge in [-0.05, 0) is 6.07 Å². The van der Waals surface area contributed by atoms with Crippen LogP contribution in [0.25, 0.3) is 0 Å². The number of halogens is 2. The zero-order valence-electron chi connectivity index (χ0n) is 11.1. The van der Waals surface area contributed by atoms with Gasteiger partial charge in [0, 0.05) is 44.4 Å². The van der Waals surface area contributed by atoms with E-state index < -0.39 is 17.7 Å². The molecule has 108 valence electrons. The SMILES string of the molecule is N#CC(c1ccc(F)cc1F)N1CCN(CCO)CC1. The molecule has 0 bridgehead atoms. The van der Waals surface area contributed by atoms with Crippen LogP contribution in [0.2, 0.25) is 0 Å². The first-order chi connectivity index (χ1) is 9.65. The summed E-state index contributed by atoms with van der Waals surface area (Å²) in [6.07, 6.45) is 0. The first-order valence-corrected chi connectivity index (χ1v) is 6.57. The molecule has 1 aromatic carbocycles. The summed E-state index contributed by atoms with van der Waals surface area (Å²) in [7, 11) is 0. The van der Waals surface area contributed by atoms with Crippen molar-refractivity contribution in [3.05, 3.63) is 35.4 Å². The Bertz CT molecular complexity index is 496. The van der Waals surface area contributed by atoms with Crippen molar-refractivity contribution in [2.24, 2.45) is 0 Å². The summed E-state index contributed by atoms with van der Waals surface area (Å²) in [5.74, 6) is -1.33. The van der Waals surface area contributed by atoms with Crippen molar-refractivity contribution in [2.45, 2.75) is 6.04 Å². The summed E-state index contributed by atoms with van der Waals surface area (Å²) in [6, 6.07) is 4.70. The van der Waals surface area contributed by atoms with Crippen molar-refractivity contribution in [3.63, 3.8) is 0 Å². The van der Waals surface area contributed by atoms with Crippen LogP contribution in [-0.4, -0.2) is 54.2 Å². The molecule has 0 amide bonds. The molecular weight excluding hydrogens is 264 g/mol. The van der Waals surface area contributed by atoms with Crippen LogP contribution in [0.15, 0.2) is 18.2 Å². The van der Waals surface area contributed by atoms with Crippen LogP contribution >= 0.6 is 0 Å². The van der Waals surface area contributed by atoms with Gasteiger partial charge in [0.15, 0.2) is 0 Å². The molecule has 6 heteroatoms. The standard InChI is InChI=1S/C14H17F2N3O/c15-11-1-2-12(13(16)9-11)14(10-17)19-5-3-18(4-6-19)7-8-20/h1-2,9,14,20H,3-8H2. The van der Waals surface area contributed by atoms with Gasteiger partial charge in [-0.1, -0.05) is 6.07 Å². The van der Waals surface area contributed by atoms with Gasteiger partial charge in [0.2, 0.25) is 0 Å². The fourth-order valence-electron chi connectivity index (χ4n) is 2.46. The minimum Gasteiger partial charge on any atom is -0.395 e. The molecule has 0 spiro atoms. The van der Waals surface area contributed by atoms with Gasteiger partial charge >= 0.3 is 0 Å². The maximum atomic E-state index is 13.8. The van der Waals surface area contributed by atoms with Crippen molar-refractivity contribution in [1.82, 2.24) is 9.80 Å². The molecule has 1 fully saturated rings. The highest BCUT2D eigenvalue weighted by atomic mass is 19.1. The van der Waals surface area contributed by atoms with E-state index in [0.717, 1.165) is 19.2 Å². The van der Waals surface area contributed by atoms with Crippen LogP contribution in [0, 0.1) is 23.0 Å². The van der Waals surface area contributed by atoms with Gasteiger partial charge in [0.05, 0.1) is 12.7 Å². The number of nitrogens with zero attached hydrogens (tertiary/aromatic N) is 3. The molecule has 0 aromatic heterocycles. The lowest BCUT2D eigenvalue weighted by Gasteiger charge is -2.36. The van der Waals surface area contributed by atoms with Crippen molar-refractivity contribution in [2.75, 3.05) is 39.3 Å². The Balaban J connectivity index is 2.08. The lowest BCUT2D eigenvalue weighted by Crippen LogP contribution is -2.48. The van der Waals surface area contributed by atoms with Crippen molar-refractivity contribution >= 4 is 0 Å². The molecule has 2 rings (SSSR count). The molecule has 1 heterocycles. The molecule has 1 saturated heterocycles. The van der Waals surface area contributed by atoms with E-state index in [1.165, 1.54) is 12.1 Å². The molecule has 20 heavy (non-hydrogen) atoms. The topological polar surface area (TPSA) is 50.5 Å². The number of piperazine rings is 1. The molecule has 1 atom stereocenters. The Morgan fingerprint density at radius 2 is 1.95 bits per heavy atom. The van der Waals surface area contributed by atoms with Crippen LogP contribution in [0.3, 0.4) is 0 Å². The number of β-amino-alcohol motifs (C(OH)–C–C–N with tert-alkyl or cyclic N) is 1. The second-order valence-electron chi connectivity index (χ2n) is 4.80. The number of benzene rings is 1. The Morgan fingerprint density at radius 3 is 2.50 bits per heavy atom. The molecular formula is C14H17F2N3O. The van der Waals surface area contributed by atoms with E-state index in [1.54, 1.807) is 0 Å². The Morgan fingerprint density at radius 1 is 1.25 bits per heavy atom. The van der Waals surface area contributed by atoms with E-state index in [0.29, 0.717) is 19.6 Å². The van der Waals surface area contributed by atoms with E-state index in [4.69, 9.17) is 5.11 Å². The summed E-state index contributed by atoms with van der Waals surface area (Å²) in [4.78, 5) is 3.97. The van der Waals surface area contributed by atoms with Gasteiger partial charge in [-0.15, -0.1) is 0 Å². The summed E-state index contributed by atoms with van der Waals surface area (Å²) in [5, 5.41) is 18.2. The quantitative estimate of drug-likeness (QED) is 0.899. The van der Waals surface area contributed by atoms with Crippen LogP contribution in [0.1, 0.15) is 11.6 Å². The highest BCUT2D eigenvalue weighted by molar-refractivity contribution is 5.26. The van der Waals surface area contributed by atoms with Gasteiger partial charge in [-0.3, -0.25) is 9.80 Å². The van der Waals surface area contributed by atoms with E-state index >= 15 is 0 Å². The van der Waals surface area contributed by atoms with Gasteiger partial charge in [0.1, 0.15) is 17.7 Å². The summed E-state index contributed by atoms with van der Waals surface area (Å²) in [5.41, 5.74) is 0.213. The van der Waals surface area contributed by atoms with Crippen molar-refractivity contribution in [1.29, 1.82) is 5.26 Å². The zero-order valence-corrected chi connectivity index (χ0v) is 11.1. The van der Waals surface area contributed by atoms with Gasteiger partial charge < -0.3 is 5.11 Å². The van der Waals surface area contributed by atoms with E-state index in [9.17, 15) is 14.0 Å². The third-order valence-electron chi connectivity index (χ3n) is 3.57.